The van der Waals surface area contributed by atoms with Crippen molar-refractivity contribution in [2.24, 2.45) is 5.92 Å². The van der Waals surface area contributed by atoms with Gasteiger partial charge < -0.3 is 0 Å². The number of hydrogen-bond acceptors (Lipinski definition) is 0. The minimum atomic E-state index is 0. The summed E-state index contributed by atoms with van der Waals surface area (Å²) in [6.45, 7) is 27.0. The van der Waals surface area contributed by atoms with E-state index in [2.05, 4.69) is 52.1 Å². The van der Waals surface area contributed by atoms with Crippen LogP contribution < -0.4 is 0 Å². The van der Waals surface area contributed by atoms with Crippen LogP contribution in [0.2, 0.25) is 0 Å². The topological polar surface area (TPSA) is 119 Å². The summed E-state index contributed by atoms with van der Waals surface area (Å²) in [6.07, 6.45) is 11.2. The summed E-state index contributed by atoms with van der Waals surface area (Å²) in [6, 6.07) is 10.2. The summed E-state index contributed by atoms with van der Waals surface area (Å²) in [5, 5.41) is 0.342. The fraction of sp³-hybridized carbons (Fsp3) is 0.300. The Kier molecular flexibility index (Phi) is 80.1. The first-order valence-electron chi connectivity index (χ1n) is 6.78. The standard InChI is InChI=1S/C14H15Cl.6CO.2Co/c15-14-8-4-7-13(11-14)10-9-12-5-2-1-3-6-12;6*1-2;;/h1-3,5-6,13-14H,4,7-8,11H2;;;;;;;;/t13-,14-;;;;;;;;/m0......../s1. The molecule has 0 amide bonds. The molecule has 0 N–H and O–H groups in total. The van der Waals surface area contributed by atoms with Crippen LogP contribution in [0.1, 0.15) is 31.2 Å². The van der Waals surface area contributed by atoms with Gasteiger partial charge in [-0.3, -0.25) is 0 Å². The summed E-state index contributed by atoms with van der Waals surface area (Å²) < 4.78 is 45.0. The first-order valence-corrected chi connectivity index (χ1v) is 7.21. The van der Waals surface area contributed by atoms with Crippen molar-refractivity contribution >= 4 is 11.6 Å². The molecule has 9 heteroatoms. The van der Waals surface area contributed by atoms with Gasteiger partial charge >= 0.3 is 67.8 Å². The number of rotatable bonds is 2. The number of hydrogen-bond donors (Lipinski definition) is 0. The monoisotopic (exact) mass is 504 g/mol. The summed E-state index contributed by atoms with van der Waals surface area (Å²) in [5.74, 6) is 0.501. The molecule has 1 fully saturated rings. The molecular formula is C20H15ClCo2O6. The zero-order valence-electron chi connectivity index (χ0n) is 14.9. The molecule has 1 aliphatic rings. The van der Waals surface area contributed by atoms with Crippen molar-refractivity contribution in [1.29, 1.82) is 0 Å². The second kappa shape index (κ2) is 50.4. The number of alkyl halides is 1. The second-order valence-electron chi connectivity index (χ2n) is 4.10. The molecule has 0 aromatic heterocycles. The van der Waals surface area contributed by atoms with Crippen molar-refractivity contribution in [3.8, 4) is 0 Å². The molecule has 0 heterocycles. The van der Waals surface area contributed by atoms with Gasteiger partial charge in [0.2, 0.25) is 0 Å². The molecule has 2 atom stereocenters. The second-order valence-corrected chi connectivity index (χ2v) is 4.71. The molecule has 0 aliphatic heterocycles. The van der Waals surface area contributed by atoms with Crippen molar-refractivity contribution in [3.05, 3.63) is 87.9 Å². The van der Waals surface area contributed by atoms with Crippen molar-refractivity contribution in [2.45, 2.75) is 31.1 Å². The van der Waals surface area contributed by atoms with Crippen LogP contribution in [0, 0.1) is 58.0 Å². The Morgan fingerprint density at radius 2 is 1.14 bits per heavy atom. The molecule has 4 radical (unpaired) electrons. The third-order valence-corrected chi connectivity index (χ3v) is 3.20. The van der Waals surface area contributed by atoms with Crippen molar-refractivity contribution < 1.29 is 61.5 Å². The summed E-state index contributed by atoms with van der Waals surface area (Å²) in [7, 11) is 0. The van der Waals surface area contributed by atoms with E-state index in [1.165, 1.54) is 12.8 Å². The van der Waals surface area contributed by atoms with Crippen LogP contribution in [-0.2, 0) is 61.5 Å². The Balaban J connectivity index is -0.0000000601. The van der Waals surface area contributed by atoms with Crippen molar-refractivity contribution in [3.63, 3.8) is 0 Å². The Morgan fingerprint density at radius 1 is 0.724 bits per heavy atom. The van der Waals surface area contributed by atoms with Gasteiger partial charge in [-0.1, -0.05) is 36.8 Å². The van der Waals surface area contributed by atoms with E-state index in [1.54, 1.807) is 0 Å². The largest absolute Gasteiger partial charge is 0 e. The molecular weight excluding hydrogens is 490 g/mol. The third-order valence-electron chi connectivity index (χ3n) is 2.80. The Bertz CT molecular complexity index is 519. The van der Waals surface area contributed by atoms with Crippen LogP contribution in [0.25, 0.3) is 0 Å². The van der Waals surface area contributed by atoms with Crippen LogP contribution >= 0.6 is 11.6 Å². The van der Waals surface area contributed by atoms with Crippen LogP contribution in [0.15, 0.2) is 30.3 Å². The van der Waals surface area contributed by atoms with Crippen LogP contribution in [-0.4, -0.2) is 5.38 Å². The molecule has 0 bridgehead atoms. The molecule has 1 aliphatic carbocycles. The molecule has 1 aromatic rings. The smallest absolute Gasteiger partial charge is 0 e. The summed E-state index contributed by atoms with van der Waals surface area (Å²) >= 11 is 6.13. The van der Waals surface area contributed by atoms with Crippen molar-refractivity contribution in [1.82, 2.24) is 0 Å². The molecule has 156 valence electrons. The minimum Gasteiger partial charge on any atom is 0 e. The van der Waals surface area contributed by atoms with E-state index >= 15 is 0 Å². The number of halogens is 1. The summed E-state index contributed by atoms with van der Waals surface area (Å²) in [4.78, 5) is 0. The van der Waals surface area contributed by atoms with E-state index in [4.69, 9.17) is 39.5 Å². The van der Waals surface area contributed by atoms with E-state index in [0.717, 1.165) is 18.4 Å². The maximum absolute atomic E-state index is 7.50. The fourth-order valence-corrected chi connectivity index (χ4v) is 2.34. The molecule has 0 spiro atoms. The van der Waals surface area contributed by atoms with E-state index in [0.29, 0.717) is 11.3 Å². The van der Waals surface area contributed by atoms with E-state index in [9.17, 15) is 0 Å². The maximum Gasteiger partial charge on any atom is 0 e. The quantitative estimate of drug-likeness (QED) is 0.331. The third kappa shape index (κ3) is 34.6. The van der Waals surface area contributed by atoms with Gasteiger partial charge in [-0.25, -0.2) is 0 Å². The predicted octanol–water partition coefficient (Wildman–Crippen LogP) is 3.76. The Labute approximate surface area is 197 Å². The molecule has 6 nitrogen and oxygen atoms in total. The van der Waals surface area contributed by atoms with Gasteiger partial charge in [0.1, 0.15) is 0 Å². The maximum atomic E-state index is 7.50. The first-order chi connectivity index (χ1) is 13.3. The Morgan fingerprint density at radius 3 is 1.52 bits per heavy atom. The van der Waals surface area contributed by atoms with E-state index in [1.807, 2.05) is 30.3 Å². The van der Waals surface area contributed by atoms with E-state index in [-0.39, 0.29) is 33.6 Å². The number of benzene rings is 1. The van der Waals surface area contributed by atoms with Gasteiger partial charge in [-0.2, -0.15) is 0 Å². The molecule has 0 saturated heterocycles. The predicted molar refractivity (Wildman–Crippen MR) is 87.2 cm³/mol. The van der Waals surface area contributed by atoms with Gasteiger partial charge in [0.25, 0.3) is 0 Å². The van der Waals surface area contributed by atoms with Gasteiger partial charge in [0.05, 0.1) is 0 Å². The summed E-state index contributed by atoms with van der Waals surface area (Å²) in [5.41, 5.74) is 1.11. The van der Waals surface area contributed by atoms with Gasteiger partial charge in [-0.05, 0) is 42.9 Å². The van der Waals surface area contributed by atoms with Gasteiger partial charge in [0, 0.05) is 38.9 Å². The normalized spacial score (nSPS) is 14.4. The average Bonchev–Trinajstić information content (AvgIpc) is 2.81. The first kappa shape index (κ1) is 46.1. The molecule has 2 rings (SSSR count). The minimum absolute atomic E-state index is 0. The zero-order chi connectivity index (χ0) is 22.5. The van der Waals surface area contributed by atoms with Crippen LogP contribution in [0.5, 0.6) is 0 Å². The molecule has 1 aromatic carbocycles. The molecule has 0 unspecified atom stereocenters. The Hall–Kier alpha value is -1.30. The number of allylic oxidation sites excluding steroid dienone is 1. The SMILES string of the molecule is Cl[C@H]1CCC[C@@H]([C]=[C]c2ccccc2)C1.[C-]#[O+].[C-]#[O+].[C-]#[O+].[C-]#[O+].[C-]#[O+].[C-]#[O+].[Co].[Co]. The fourth-order valence-electron chi connectivity index (χ4n) is 1.97. The van der Waals surface area contributed by atoms with E-state index < -0.39 is 0 Å². The van der Waals surface area contributed by atoms with Crippen LogP contribution in [0.4, 0.5) is 0 Å². The molecule has 29 heavy (non-hydrogen) atoms. The molecule has 1 saturated carbocycles. The van der Waals surface area contributed by atoms with Crippen LogP contribution in [0.3, 0.4) is 0 Å². The average molecular weight is 505 g/mol. The van der Waals surface area contributed by atoms with Gasteiger partial charge in [-0.15, -0.1) is 11.6 Å². The zero-order valence-corrected chi connectivity index (χ0v) is 17.7. The van der Waals surface area contributed by atoms with Gasteiger partial charge in [0.15, 0.2) is 0 Å². The van der Waals surface area contributed by atoms with Crippen molar-refractivity contribution in [2.75, 3.05) is 0 Å².